The van der Waals surface area contributed by atoms with Crippen molar-refractivity contribution in [3.8, 4) is 5.75 Å². The molecule has 2 aromatic rings. The molecule has 0 aliphatic carbocycles. The zero-order chi connectivity index (χ0) is 17.8. The largest absolute Gasteiger partial charge is 0.497 e. The number of anilines is 3. The lowest BCUT2D eigenvalue weighted by Crippen LogP contribution is -2.46. The van der Waals surface area contributed by atoms with E-state index in [2.05, 4.69) is 27.2 Å². The van der Waals surface area contributed by atoms with E-state index in [1.54, 1.807) is 20.2 Å². The molecule has 0 unspecified atom stereocenters. The van der Waals surface area contributed by atoms with Crippen molar-refractivity contribution in [3.05, 3.63) is 48.0 Å². The minimum Gasteiger partial charge on any atom is -0.497 e. The van der Waals surface area contributed by atoms with Gasteiger partial charge in [-0.05, 0) is 42.5 Å². The van der Waals surface area contributed by atoms with Gasteiger partial charge >= 0.3 is 0 Å². The van der Waals surface area contributed by atoms with Crippen molar-refractivity contribution in [2.45, 2.75) is 0 Å². The number of benzene rings is 2. The Bertz CT molecular complexity index is 738. The lowest BCUT2D eigenvalue weighted by molar-refractivity contribution is 0.0963. The maximum atomic E-state index is 11.7. The number of rotatable bonds is 4. The fraction of sp³-hybridized carbons (Fsp3) is 0.316. The first-order valence-corrected chi connectivity index (χ1v) is 8.38. The third kappa shape index (κ3) is 3.63. The van der Waals surface area contributed by atoms with Gasteiger partial charge in [-0.3, -0.25) is 4.79 Å². The summed E-state index contributed by atoms with van der Waals surface area (Å²) in [5.41, 5.74) is 9.58. The Kier molecular flexibility index (Phi) is 4.97. The van der Waals surface area contributed by atoms with Crippen molar-refractivity contribution < 1.29 is 9.53 Å². The molecule has 1 aliphatic heterocycles. The van der Waals surface area contributed by atoms with E-state index in [4.69, 9.17) is 10.5 Å². The number of methoxy groups -OCH3 is 1. The Hall–Kier alpha value is -2.89. The fourth-order valence-electron chi connectivity index (χ4n) is 3.13. The van der Waals surface area contributed by atoms with Gasteiger partial charge in [-0.2, -0.15) is 0 Å². The quantitative estimate of drug-likeness (QED) is 0.833. The molecule has 132 valence electrons. The first-order chi connectivity index (χ1) is 12.1. The molecule has 0 radical (unpaired) electrons. The van der Waals surface area contributed by atoms with Gasteiger partial charge in [0.1, 0.15) is 5.75 Å². The van der Waals surface area contributed by atoms with Crippen LogP contribution >= 0.6 is 0 Å². The van der Waals surface area contributed by atoms with Gasteiger partial charge in [0.2, 0.25) is 0 Å². The minimum absolute atomic E-state index is 0.123. The molecule has 6 nitrogen and oxygen atoms in total. The summed E-state index contributed by atoms with van der Waals surface area (Å²) in [5.74, 6) is 0.744. The summed E-state index contributed by atoms with van der Waals surface area (Å²) in [7, 11) is 3.29. The second-order valence-corrected chi connectivity index (χ2v) is 6.02. The molecule has 0 bridgehead atoms. The highest BCUT2D eigenvalue weighted by Gasteiger charge is 2.19. The number of piperazine rings is 1. The molecule has 0 spiro atoms. The number of hydrogen-bond donors (Lipinski definition) is 2. The molecule has 25 heavy (non-hydrogen) atoms. The Labute approximate surface area is 148 Å². The SMILES string of the molecule is CNC(=O)c1ccc(N2CCN(c3ccc(OC)cc3)CC2)c(N)c1. The van der Waals surface area contributed by atoms with Crippen molar-refractivity contribution >= 4 is 23.0 Å². The van der Waals surface area contributed by atoms with Crippen LogP contribution in [-0.4, -0.2) is 46.2 Å². The normalized spacial score (nSPS) is 14.3. The second kappa shape index (κ2) is 7.34. The van der Waals surface area contributed by atoms with Gasteiger partial charge < -0.3 is 25.6 Å². The standard InChI is InChI=1S/C19H24N4O2/c1-21-19(24)14-3-8-18(17(20)13-14)23-11-9-22(10-12-23)15-4-6-16(25-2)7-5-15/h3-8,13H,9-12,20H2,1-2H3,(H,21,24). The molecule has 3 rings (SSSR count). The molecule has 1 aliphatic rings. The van der Waals surface area contributed by atoms with E-state index in [1.165, 1.54) is 5.69 Å². The molecule has 0 aromatic heterocycles. The summed E-state index contributed by atoms with van der Waals surface area (Å²) >= 11 is 0. The number of nitrogens with two attached hydrogens (primary N) is 1. The summed E-state index contributed by atoms with van der Waals surface area (Å²) in [5, 5.41) is 2.62. The number of nitrogens with one attached hydrogen (secondary N) is 1. The van der Waals surface area contributed by atoms with Crippen LogP contribution in [-0.2, 0) is 0 Å². The topological polar surface area (TPSA) is 70.8 Å². The van der Waals surface area contributed by atoms with E-state index >= 15 is 0 Å². The number of ether oxygens (including phenoxy) is 1. The zero-order valence-corrected chi connectivity index (χ0v) is 14.7. The number of nitrogen functional groups attached to an aromatic ring is 1. The van der Waals surface area contributed by atoms with Crippen molar-refractivity contribution in [3.63, 3.8) is 0 Å². The van der Waals surface area contributed by atoms with Gasteiger partial charge in [0.05, 0.1) is 18.5 Å². The molecular formula is C19H24N4O2. The predicted molar refractivity (Wildman–Crippen MR) is 102 cm³/mol. The third-order valence-corrected chi connectivity index (χ3v) is 4.57. The minimum atomic E-state index is -0.123. The lowest BCUT2D eigenvalue weighted by Gasteiger charge is -2.38. The van der Waals surface area contributed by atoms with Crippen molar-refractivity contribution in [1.29, 1.82) is 0 Å². The molecule has 3 N–H and O–H groups in total. The summed E-state index contributed by atoms with van der Waals surface area (Å²) < 4.78 is 5.21. The predicted octanol–water partition coefficient (Wildman–Crippen LogP) is 1.96. The van der Waals surface area contributed by atoms with Crippen LogP contribution in [0.2, 0.25) is 0 Å². The molecule has 0 atom stereocenters. The van der Waals surface area contributed by atoms with Gasteiger partial charge in [0.15, 0.2) is 0 Å². The Morgan fingerprint density at radius 1 is 1.04 bits per heavy atom. The van der Waals surface area contributed by atoms with Crippen LogP contribution in [0.25, 0.3) is 0 Å². The highest BCUT2D eigenvalue weighted by Crippen LogP contribution is 2.27. The summed E-state index contributed by atoms with van der Waals surface area (Å²) in [6, 6.07) is 13.6. The highest BCUT2D eigenvalue weighted by molar-refractivity contribution is 5.96. The van der Waals surface area contributed by atoms with Crippen LogP contribution in [0.15, 0.2) is 42.5 Å². The molecule has 6 heteroatoms. The van der Waals surface area contributed by atoms with Crippen LogP contribution in [0.1, 0.15) is 10.4 Å². The molecule has 1 amide bonds. The second-order valence-electron chi connectivity index (χ2n) is 6.02. The highest BCUT2D eigenvalue weighted by atomic mass is 16.5. The summed E-state index contributed by atoms with van der Waals surface area (Å²) in [6.07, 6.45) is 0. The van der Waals surface area contributed by atoms with E-state index in [1.807, 2.05) is 24.3 Å². The van der Waals surface area contributed by atoms with E-state index < -0.39 is 0 Å². The number of amides is 1. The first-order valence-electron chi connectivity index (χ1n) is 8.38. The first kappa shape index (κ1) is 17.0. The van der Waals surface area contributed by atoms with Crippen LogP contribution in [0.5, 0.6) is 5.75 Å². The van der Waals surface area contributed by atoms with Gasteiger partial charge in [0, 0.05) is 44.5 Å². The smallest absolute Gasteiger partial charge is 0.251 e. The molecular weight excluding hydrogens is 316 g/mol. The number of carbonyl (C=O) groups is 1. The monoisotopic (exact) mass is 340 g/mol. The zero-order valence-electron chi connectivity index (χ0n) is 14.7. The Morgan fingerprint density at radius 2 is 1.68 bits per heavy atom. The van der Waals surface area contributed by atoms with Crippen molar-refractivity contribution in [2.24, 2.45) is 0 Å². The number of nitrogens with zero attached hydrogens (tertiary/aromatic N) is 2. The Balaban J connectivity index is 1.66. The molecule has 1 heterocycles. The molecule has 2 aromatic carbocycles. The van der Waals surface area contributed by atoms with E-state index in [0.717, 1.165) is 37.6 Å². The lowest BCUT2D eigenvalue weighted by atomic mass is 10.1. The summed E-state index contributed by atoms with van der Waals surface area (Å²) in [6.45, 7) is 3.61. The molecule has 1 fully saturated rings. The maximum Gasteiger partial charge on any atom is 0.251 e. The van der Waals surface area contributed by atoms with Gasteiger partial charge in [-0.1, -0.05) is 0 Å². The van der Waals surface area contributed by atoms with Gasteiger partial charge in [-0.15, -0.1) is 0 Å². The fourth-order valence-corrected chi connectivity index (χ4v) is 3.13. The van der Waals surface area contributed by atoms with Crippen molar-refractivity contribution in [2.75, 3.05) is 55.9 Å². The molecule has 1 saturated heterocycles. The maximum absolute atomic E-state index is 11.7. The van der Waals surface area contributed by atoms with E-state index in [0.29, 0.717) is 11.3 Å². The van der Waals surface area contributed by atoms with Crippen LogP contribution in [0.3, 0.4) is 0 Å². The van der Waals surface area contributed by atoms with Crippen LogP contribution in [0.4, 0.5) is 17.1 Å². The Morgan fingerprint density at radius 3 is 2.24 bits per heavy atom. The third-order valence-electron chi connectivity index (χ3n) is 4.57. The summed E-state index contributed by atoms with van der Waals surface area (Å²) in [4.78, 5) is 16.3. The van der Waals surface area contributed by atoms with Gasteiger partial charge in [-0.25, -0.2) is 0 Å². The van der Waals surface area contributed by atoms with Gasteiger partial charge in [0.25, 0.3) is 5.91 Å². The average Bonchev–Trinajstić information content (AvgIpc) is 2.67. The van der Waals surface area contributed by atoms with E-state index in [9.17, 15) is 4.79 Å². The van der Waals surface area contributed by atoms with Crippen LogP contribution in [0, 0.1) is 0 Å². The molecule has 0 saturated carbocycles. The number of hydrogen-bond acceptors (Lipinski definition) is 5. The van der Waals surface area contributed by atoms with E-state index in [-0.39, 0.29) is 5.91 Å². The van der Waals surface area contributed by atoms with Crippen molar-refractivity contribution in [1.82, 2.24) is 5.32 Å². The van der Waals surface area contributed by atoms with Crippen LogP contribution < -0.4 is 25.6 Å². The number of carbonyl (C=O) groups excluding carboxylic acids is 1. The average molecular weight is 340 g/mol.